The fourth-order valence-electron chi connectivity index (χ4n) is 2.42. The number of nitrogens with zero attached hydrogens (tertiary/aromatic N) is 1. The quantitative estimate of drug-likeness (QED) is 0.721. The van der Waals surface area contributed by atoms with Gasteiger partial charge in [0.2, 0.25) is 5.91 Å². The Morgan fingerprint density at radius 1 is 1.18 bits per heavy atom. The molecule has 3 aromatic rings. The van der Waals surface area contributed by atoms with Gasteiger partial charge in [-0.2, -0.15) is 0 Å². The van der Waals surface area contributed by atoms with E-state index in [2.05, 4.69) is 21.2 Å². The maximum atomic E-state index is 12.2. The van der Waals surface area contributed by atoms with Gasteiger partial charge in [-0.05, 0) is 24.3 Å². The van der Waals surface area contributed by atoms with Crippen molar-refractivity contribution in [3.05, 3.63) is 64.8 Å². The third kappa shape index (κ3) is 2.94. The number of fused-ring (bicyclic) bond motifs is 1. The number of hydrogen-bond acceptors (Lipinski definition) is 2. The van der Waals surface area contributed by atoms with Crippen LogP contribution in [0.4, 0.5) is 5.69 Å². The van der Waals surface area contributed by atoms with Gasteiger partial charge in [0, 0.05) is 32.8 Å². The molecule has 0 aliphatic rings. The third-order valence-electron chi connectivity index (χ3n) is 3.37. The number of anilines is 1. The number of aromatic nitrogens is 1. The van der Waals surface area contributed by atoms with Gasteiger partial charge in [-0.25, -0.2) is 0 Å². The molecule has 0 aliphatic carbocycles. The van der Waals surface area contributed by atoms with Crippen molar-refractivity contribution in [2.75, 3.05) is 5.32 Å². The van der Waals surface area contributed by atoms with E-state index in [0.29, 0.717) is 5.56 Å². The van der Waals surface area contributed by atoms with Gasteiger partial charge in [0.1, 0.15) is 6.54 Å². The van der Waals surface area contributed by atoms with Crippen LogP contribution in [0.2, 0.25) is 0 Å². The molecule has 0 atom stereocenters. The molecule has 0 saturated carbocycles. The van der Waals surface area contributed by atoms with Crippen LogP contribution in [0.1, 0.15) is 10.4 Å². The second kappa shape index (κ2) is 6.15. The Morgan fingerprint density at radius 3 is 2.77 bits per heavy atom. The lowest BCUT2D eigenvalue weighted by Crippen LogP contribution is -2.18. The van der Waals surface area contributed by atoms with Crippen molar-refractivity contribution in [3.63, 3.8) is 0 Å². The zero-order chi connectivity index (χ0) is 15.5. The molecule has 0 aliphatic heterocycles. The molecule has 0 bridgehead atoms. The molecular weight excluding hydrogens is 344 g/mol. The van der Waals surface area contributed by atoms with Crippen molar-refractivity contribution < 1.29 is 9.59 Å². The number of carbonyl (C=O) groups excluding carboxylic acids is 2. The van der Waals surface area contributed by atoms with Crippen LogP contribution in [-0.4, -0.2) is 16.8 Å². The van der Waals surface area contributed by atoms with E-state index in [-0.39, 0.29) is 12.5 Å². The molecule has 22 heavy (non-hydrogen) atoms. The van der Waals surface area contributed by atoms with Gasteiger partial charge in [-0.3, -0.25) is 9.59 Å². The zero-order valence-electron chi connectivity index (χ0n) is 11.6. The normalized spacial score (nSPS) is 10.6. The SMILES string of the molecule is O=Cc1cn(CC(=O)Nc2cccc(Br)c2)c2ccccc12. The van der Waals surface area contributed by atoms with Crippen LogP contribution < -0.4 is 5.32 Å². The summed E-state index contributed by atoms with van der Waals surface area (Å²) in [4.78, 5) is 23.3. The molecule has 1 amide bonds. The Labute approximate surface area is 135 Å². The summed E-state index contributed by atoms with van der Waals surface area (Å²) >= 11 is 3.37. The first-order valence-corrected chi connectivity index (χ1v) is 7.55. The second-order valence-corrected chi connectivity index (χ2v) is 5.82. The lowest BCUT2D eigenvalue weighted by atomic mass is 10.2. The Kier molecular flexibility index (Phi) is 4.06. The Balaban J connectivity index is 1.84. The highest BCUT2D eigenvalue weighted by Gasteiger charge is 2.10. The minimum Gasteiger partial charge on any atom is -0.337 e. The van der Waals surface area contributed by atoms with Crippen molar-refractivity contribution in [2.45, 2.75) is 6.54 Å². The third-order valence-corrected chi connectivity index (χ3v) is 3.86. The molecule has 0 saturated heterocycles. The fourth-order valence-corrected chi connectivity index (χ4v) is 2.82. The minimum atomic E-state index is -0.142. The monoisotopic (exact) mass is 356 g/mol. The zero-order valence-corrected chi connectivity index (χ0v) is 13.2. The number of amides is 1. The van der Waals surface area contributed by atoms with E-state index in [1.165, 1.54) is 0 Å². The molecule has 5 heteroatoms. The first kappa shape index (κ1) is 14.5. The number of rotatable bonds is 4. The maximum absolute atomic E-state index is 12.2. The first-order valence-electron chi connectivity index (χ1n) is 6.76. The van der Waals surface area contributed by atoms with E-state index in [1.54, 1.807) is 10.8 Å². The van der Waals surface area contributed by atoms with E-state index in [1.807, 2.05) is 48.5 Å². The van der Waals surface area contributed by atoms with E-state index < -0.39 is 0 Å². The van der Waals surface area contributed by atoms with Crippen molar-refractivity contribution in [2.24, 2.45) is 0 Å². The fraction of sp³-hybridized carbons (Fsp3) is 0.0588. The lowest BCUT2D eigenvalue weighted by Gasteiger charge is -2.07. The summed E-state index contributed by atoms with van der Waals surface area (Å²) in [6.45, 7) is 0.154. The number of halogens is 1. The predicted octanol–water partition coefficient (Wildman–Crippen LogP) is 3.86. The number of para-hydroxylation sites is 1. The summed E-state index contributed by atoms with van der Waals surface area (Å²) in [7, 11) is 0. The van der Waals surface area contributed by atoms with Gasteiger partial charge in [0.25, 0.3) is 0 Å². The van der Waals surface area contributed by atoms with Crippen LogP contribution >= 0.6 is 15.9 Å². The minimum absolute atomic E-state index is 0.142. The molecule has 0 radical (unpaired) electrons. The van der Waals surface area contributed by atoms with Crippen LogP contribution in [-0.2, 0) is 11.3 Å². The molecule has 3 rings (SSSR count). The van der Waals surface area contributed by atoms with Gasteiger partial charge >= 0.3 is 0 Å². The summed E-state index contributed by atoms with van der Waals surface area (Å²) in [6, 6.07) is 15.0. The highest BCUT2D eigenvalue weighted by atomic mass is 79.9. The topological polar surface area (TPSA) is 51.1 Å². The van der Waals surface area contributed by atoms with Crippen molar-refractivity contribution in [1.29, 1.82) is 0 Å². The number of benzene rings is 2. The molecule has 1 N–H and O–H groups in total. The molecular formula is C17H13BrN2O2. The standard InChI is InChI=1S/C17H13BrN2O2/c18-13-4-3-5-14(8-13)19-17(22)10-20-9-12(11-21)15-6-1-2-7-16(15)20/h1-9,11H,10H2,(H,19,22). The van der Waals surface area contributed by atoms with E-state index in [9.17, 15) is 9.59 Å². The van der Waals surface area contributed by atoms with Crippen molar-refractivity contribution in [1.82, 2.24) is 4.57 Å². The van der Waals surface area contributed by atoms with Crippen molar-refractivity contribution >= 4 is 44.7 Å². The Morgan fingerprint density at radius 2 is 2.00 bits per heavy atom. The Bertz CT molecular complexity index is 855. The Hall–Kier alpha value is -2.40. The summed E-state index contributed by atoms with van der Waals surface area (Å²) in [5, 5.41) is 3.70. The van der Waals surface area contributed by atoms with Crippen LogP contribution in [0.25, 0.3) is 10.9 Å². The average Bonchev–Trinajstić information content (AvgIpc) is 2.85. The second-order valence-electron chi connectivity index (χ2n) is 4.91. The van der Waals surface area contributed by atoms with Crippen LogP contribution in [0.3, 0.4) is 0 Å². The highest BCUT2D eigenvalue weighted by molar-refractivity contribution is 9.10. The predicted molar refractivity (Wildman–Crippen MR) is 90.1 cm³/mol. The van der Waals surface area contributed by atoms with Gasteiger partial charge in [0.05, 0.1) is 0 Å². The maximum Gasteiger partial charge on any atom is 0.244 e. The van der Waals surface area contributed by atoms with E-state index >= 15 is 0 Å². The van der Waals surface area contributed by atoms with Crippen molar-refractivity contribution in [3.8, 4) is 0 Å². The number of aldehydes is 1. The van der Waals surface area contributed by atoms with Crippen LogP contribution in [0.5, 0.6) is 0 Å². The summed E-state index contributed by atoms with van der Waals surface area (Å²) < 4.78 is 2.69. The van der Waals surface area contributed by atoms with E-state index in [0.717, 1.165) is 27.3 Å². The molecule has 110 valence electrons. The summed E-state index contributed by atoms with van der Waals surface area (Å²) in [6.07, 6.45) is 2.52. The van der Waals surface area contributed by atoms with Gasteiger partial charge in [0.15, 0.2) is 6.29 Å². The first-order chi connectivity index (χ1) is 10.7. The number of carbonyl (C=O) groups is 2. The largest absolute Gasteiger partial charge is 0.337 e. The van der Waals surface area contributed by atoms with Crippen LogP contribution in [0.15, 0.2) is 59.2 Å². The number of hydrogen-bond donors (Lipinski definition) is 1. The highest BCUT2D eigenvalue weighted by Crippen LogP contribution is 2.20. The van der Waals surface area contributed by atoms with Gasteiger partial charge in [-0.1, -0.05) is 40.2 Å². The molecule has 1 heterocycles. The van der Waals surface area contributed by atoms with E-state index in [4.69, 9.17) is 0 Å². The molecule has 2 aromatic carbocycles. The summed E-state index contributed by atoms with van der Waals surface area (Å²) in [5.41, 5.74) is 2.19. The summed E-state index contributed by atoms with van der Waals surface area (Å²) in [5.74, 6) is -0.142. The molecule has 4 nitrogen and oxygen atoms in total. The molecule has 0 fully saturated rings. The molecule has 1 aromatic heterocycles. The van der Waals surface area contributed by atoms with Gasteiger partial charge in [-0.15, -0.1) is 0 Å². The van der Waals surface area contributed by atoms with Gasteiger partial charge < -0.3 is 9.88 Å². The molecule has 0 unspecified atom stereocenters. The van der Waals surface area contributed by atoms with Crippen LogP contribution in [0, 0.1) is 0 Å². The number of nitrogens with one attached hydrogen (secondary N) is 1. The lowest BCUT2D eigenvalue weighted by molar-refractivity contribution is -0.116. The smallest absolute Gasteiger partial charge is 0.244 e. The molecule has 0 spiro atoms. The average molecular weight is 357 g/mol.